The van der Waals surface area contributed by atoms with E-state index in [1.807, 2.05) is 0 Å². The predicted molar refractivity (Wildman–Crippen MR) is 96.5 cm³/mol. The van der Waals surface area contributed by atoms with Gasteiger partial charge in [-0.3, -0.25) is 0 Å². The van der Waals surface area contributed by atoms with E-state index in [1.54, 1.807) is 0 Å². The topological polar surface area (TPSA) is 30.5 Å². The zero-order chi connectivity index (χ0) is 16.5. The Balaban J connectivity index is 3.25. The summed E-state index contributed by atoms with van der Waals surface area (Å²) in [6, 6.07) is 0. The highest BCUT2D eigenvalue weighted by molar-refractivity contribution is 4.57. The van der Waals surface area contributed by atoms with Crippen LogP contribution in [0, 0.1) is 11.8 Å². The van der Waals surface area contributed by atoms with Gasteiger partial charge in [0.2, 0.25) is 0 Å². The molecule has 0 aromatic carbocycles. The molecule has 0 aromatic heterocycles. The highest BCUT2D eigenvalue weighted by Crippen LogP contribution is 2.17. The van der Waals surface area contributed by atoms with E-state index >= 15 is 0 Å². The van der Waals surface area contributed by atoms with E-state index < -0.39 is 0 Å². The molecule has 0 saturated carbocycles. The maximum absolute atomic E-state index is 5.69. The van der Waals surface area contributed by atoms with Crippen LogP contribution in [0.1, 0.15) is 72.6 Å². The molecular weight excluding hydrogens is 274 g/mol. The largest absolute Gasteiger partial charge is 0.379 e. The zero-order valence-electron chi connectivity index (χ0n) is 15.7. The first-order valence-corrected chi connectivity index (χ1v) is 9.56. The number of unbranched alkanes of at least 4 members (excludes halogenated alkanes) is 3. The van der Waals surface area contributed by atoms with E-state index in [4.69, 9.17) is 9.47 Å². The van der Waals surface area contributed by atoms with Crippen molar-refractivity contribution in [1.29, 1.82) is 0 Å². The Kier molecular flexibility index (Phi) is 17.1. The van der Waals surface area contributed by atoms with Crippen molar-refractivity contribution < 1.29 is 9.47 Å². The van der Waals surface area contributed by atoms with Crippen molar-refractivity contribution in [2.45, 2.75) is 72.6 Å². The molecule has 0 rings (SSSR count). The van der Waals surface area contributed by atoms with E-state index in [-0.39, 0.29) is 0 Å². The molecule has 0 aliphatic carbocycles. The monoisotopic (exact) mass is 315 g/mol. The molecule has 0 heterocycles. The van der Waals surface area contributed by atoms with Crippen molar-refractivity contribution >= 4 is 0 Å². The molecule has 0 fully saturated rings. The van der Waals surface area contributed by atoms with Gasteiger partial charge < -0.3 is 14.8 Å². The fraction of sp³-hybridized carbons (Fsp3) is 1.00. The number of nitrogens with one attached hydrogen (secondary N) is 1. The summed E-state index contributed by atoms with van der Waals surface area (Å²) in [6.07, 6.45) is 9.36. The molecule has 1 N–H and O–H groups in total. The van der Waals surface area contributed by atoms with Crippen molar-refractivity contribution in [3.8, 4) is 0 Å². The van der Waals surface area contributed by atoms with E-state index in [1.165, 1.54) is 44.9 Å². The van der Waals surface area contributed by atoms with Gasteiger partial charge >= 0.3 is 0 Å². The molecule has 0 spiro atoms. The third kappa shape index (κ3) is 16.3. The van der Waals surface area contributed by atoms with Crippen LogP contribution in [0.4, 0.5) is 0 Å². The molecule has 0 aliphatic heterocycles. The summed E-state index contributed by atoms with van der Waals surface area (Å²) >= 11 is 0. The van der Waals surface area contributed by atoms with E-state index in [0.717, 1.165) is 45.4 Å². The molecule has 3 heteroatoms. The normalized spacial score (nSPS) is 13.0. The minimum atomic E-state index is 0.705. The molecule has 0 radical (unpaired) electrons. The summed E-state index contributed by atoms with van der Waals surface area (Å²) in [5.41, 5.74) is 0. The number of hydrogen-bond acceptors (Lipinski definition) is 3. The standard InChI is InChI=1S/C19H41NO2/c1-5-7-8-9-10-19(6-2)11-13-21-15-16-22-14-12-20-17-18(3)4/h18-20H,5-17H2,1-4H3. The number of rotatable bonds is 17. The van der Waals surface area contributed by atoms with Gasteiger partial charge in [-0.1, -0.05) is 66.2 Å². The molecule has 3 nitrogen and oxygen atoms in total. The average molecular weight is 316 g/mol. The third-order valence-corrected chi connectivity index (χ3v) is 4.06. The van der Waals surface area contributed by atoms with Crippen molar-refractivity contribution in [3.63, 3.8) is 0 Å². The molecule has 0 saturated heterocycles. The lowest BCUT2D eigenvalue weighted by molar-refractivity contribution is 0.0431. The van der Waals surface area contributed by atoms with Gasteiger partial charge in [0.1, 0.15) is 0 Å². The van der Waals surface area contributed by atoms with Crippen LogP contribution < -0.4 is 5.32 Å². The van der Waals surface area contributed by atoms with E-state index in [9.17, 15) is 0 Å². The van der Waals surface area contributed by atoms with Gasteiger partial charge in [-0.25, -0.2) is 0 Å². The third-order valence-electron chi connectivity index (χ3n) is 4.06. The average Bonchev–Trinajstić information content (AvgIpc) is 2.50. The Morgan fingerprint density at radius 2 is 1.55 bits per heavy atom. The van der Waals surface area contributed by atoms with Crippen LogP contribution in [0.2, 0.25) is 0 Å². The summed E-state index contributed by atoms with van der Waals surface area (Å²) in [5.74, 6) is 1.55. The zero-order valence-corrected chi connectivity index (χ0v) is 15.7. The van der Waals surface area contributed by atoms with Crippen molar-refractivity contribution in [2.75, 3.05) is 39.5 Å². The first-order chi connectivity index (χ1) is 10.7. The molecular formula is C19H41NO2. The molecule has 0 aromatic rings. The second-order valence-corrected chi connectivity index (χ2v) is 6.74. The first-order valence-electron chi connectivity index (χ1n) is 9.56. The van der Waals surface area contributed by atoms with Gasteiger partial charge in [0.25, 0.3) is 0 Å². The Hall–Kier alpha value is -0.120. The molecule has 0 amide bonds. The lowest BCUT2D eigenvalue weighted by Crippen LogP contribution is -2.24. The highest BCUT2D eigenvalue weighted by atomic mass is 16.5. The summed E-state index contributed by atoms with van der Waals surface area (Å²) in [6.45, 7) is 14.1. The molecule has 1 unspecified atom stereocenters. The summed E-state index contributed by atoms with van der Waals surface area (Å²) < 4.78 is 11.2. The number of hydrogen-bond donors (Lipinski definition) is 1. The van der Waals surface area contributed by atoms with Crippen LogP contribution in [-0.4, -0.2) is 39.5 Å². The minimum absolute atomic E-state index is 0.705. The van der Waals surface area contributed by atoms with Crippen molar-refractivity contribution in [2.24, 2.45) is 11.8 Å². The number of ether oxygens (including phenoxy) is 2. The van der Waals surface area contributed by atoms with Gasteiger partial charge in [-0.2, -0.15) is 0 Å². The van der Waals surface area contributed by atoms with Crippen molar-refractivity contribution in [3.05, 3.63) is 0 Å². The summed E-state index contributed by atoms with van der Waals surface area (Å²) in [4.78, 5) is 0. The molecule has 0 bridgehead atoms. The predicted octanol–water partition coefficient (Wildman–Crippen LogP) is 4.65. The van der Waals surface area contributed by atoms with Crippen LogP contribution in [-0.2, 0) is 9.47 Å². The maximum Gasteiger partial charge on any atom is 0.0701 e. The summed E-state index contributed by atoms with van der Waals surface area (Å²) in [7, 11) is 0. The first kappa shape index (κ1) is 21.9. The smallest absolute Gasteiger partial charge is 0.0701 e. The molecule has 0 aliphatic rings. The van der Waals surface area contributed by atoms with E-state index in [2.05, 4.69) is 33.0 Å². The maximum atomic E-state index is 5.69. The molecule has 1 atom stereocenters. The Morgan fingerprint density at radius 1 is 0.818 bits per heavy atom. The van der Waals surface area contributed by atoms with Gasteiger partial charge in [0.15, 0.2) is 0 Å². The van der Waals surface area contributed by atoms with Gasteiger partial charge in [-0.15, -0.1) is 0 Å². The van der Waals surface area contributed by atoms with Gasteiger partial charge in [0, 0.05) is 13.2 Å². The minimum Gasteiger partial charge on any atom is -0.379 e. The quantitative estimate of drug-likeness (QED) is 0.396. The van der Waals surface area contributed by atoms with Crippen LogP contribution >= 0.6 is 0 Å². The van der Waals surface area contributed by atoms with Crippen LogP contribution in [0.3, 0.4) is 0 Å². The fourth-order valence-corrected chi connectivity index (χ4v) is 2.52. The van der Waals surface area contributed by atoms with Crippen LogP contribution in [0.15, 0.2) is 0 Å². The van der Waals surface area contributed by atoms with Crippen molar-refractivity contribution in [1.82, 2.24) is 5.32 Å². The Bertz CT molecular complexity index is 210. The lowest BCUT2D eigenvalue weighted by atomic mass is 9.95. The van der Waals surface area contributed by atoms with Gasteiger partial charge in [-0.05, 0) is 24.8 Å². The molecule has 22 heavy (non-hydrogen) atoms. The lowest BCUT2D eigenvalue weighted by Gasteiger charge is -2.14. The Labute approximate surface area is 139 Å². The summed E-state index contributed by atoms with van der Waals surface area (Å²) in [5, 5.41) is 3.37. The van der Waals surface area contributed by atoms with Crippen LogP contribution in [0.5, 0.6) is 0 Å². The fourth-order valence-electron chi connectivity index (χ4n) is 2.52. The SMILES string of the molecule is CCCCCCC(CC)CCOCCOCCNCC(C)C. The second-order valence-electron chi connectivity index (χ2n) is 6.74. The highest BCUT2D eigenvalue weighted by Gasteiger charge is 2.05. The van der Waals surface area contributed by atoms with Gasteiger partial charge in [0.05, 0.1) is 19.8 Å². The molecule has 134 valence electrons. The van der Waals surface area contributed by atoms with E-state index in [0.29, 0.717) is 5.92 Å². The Morgan fingerprint density at radius 3 is 2.18 bits per heavy atom. The second kappa shape index (κ2) is 17.2. The van der Waals surface area contributed by atoms with Crippen LogP contribution in [0.25, 0.3) is 0 Å².